The van der Waals surface area contributed by atoms with Crippen LogP contribution in [0.2, 0.25) is 0 Å². The maximum Gasteiger partial charge on any atom is 0.337 e. The van der Waals surface area contributed by atoms with Crippen LogP contribution in [-0.2, 0) is 6.54 Å². The number of nitrogens with zero attached hydrogens (tertiary/aromatic N) is 2. The van der Waals surface area contributed by atoms with Gasteiger partial charge in [-0.2, -0.15) is 5.26 Å². The molecule has 18 heavy (non-hydrogen) atoms. The Kier molecular flexibility index (Phi) is 3.11. The molecule has 1 heterocycles. The maximum absolute atomic E-state index is 13.1. The number of rotatable bonds is 3. The van der Waals surface area contributed by atoms with E-state index in [4.69, 9.17) is 10.4 Å². The predicted octanol–water partition coefficient (Wildman–Crippen LogP) is 2.25. The van der Waals surface area contributed by atoms with Crippen molar-refractivity contribution in [3.05, 3.63) is 59.2 Å². The molecule has 0 aliphatic heterocycles. The third kappa shape index (κ3) is 2.38. The van der Waals surface area contributed by atoms with Gasteiger partial charge in [0.05, 0.1) is 17.2 Å². The molecule has 2 rings (SSSR count). The maximum atomic E-state index is 13.1. The van der Waals surface area contributed by atoms with Crippen LogP contribution in [0.5, 0.6) is 0 Å². The Morgan fingerprint density at radius 1 is 1.44 bits per heavy atom. The summed E-state index contributed by atoms with van der Waals surface area (Å²) in [6, 6.07) is 7.34. The summed E-state index contributed by atoms with van der Waals surface area (Å²) >= 11 is 0. The van der Waals surface area contributed by atoms with Crippen LogP contribution >= 0.6 is 0 Å². The van der Waals surface area contributed by atoms with Gasteiger partial charge < -0.3 is 9.67 Å². The molecule has 0 spiro atoms. The third-order valence-corrected chi connectivity index (χ3v) is 2.54. The summed E-state index contributed by atoms with van der Waals surface area (Å²) in [5.41, 5.74) is 1.05. The average Bonchev–Trinajstić information content (AvgIpc) is 2.78. The molecule has 0 amide bonds. The predicted molar refractivity (Wildman–Crippen MR) is 61.6 cm³/mol. The lowest BCUT2D eigenvalue weighted by Crippen LogP contribution is -2.01. The quantitative estimate of drug-likeness (QED) is 0.900. The monoisotopic (exact) mass is 244 g/mol. The number of nitriles is 1. The van der Waals surface area contributed by atoms with Gasteiger partial charge in [-0.15, -0.1) is 0 Å². The average molecular weight is 244 g/mol. The molecule has 0 saturated heterocycles. The first-order chi connectivity index (χ1) is 8.60. The molecule has 0 fully saturated rings. The van der Waals surface area contributed by atoms with Gasteiger partial charge >= 0.3 is 5.97 Å². The molecule has 4 nitrogen and oxygen atoms in total. The van der Waals surface area contributed by atoms with Crippen molar-refractivity contribution in [2.24, 2.45) is 0 Å². The second-order valence-electron chi connectivity index (χ2n) is 3.79. The Hall–Kier alpha value is -2.61. The molecule has 5 heteroatoms. The normalized spacial score (nSPS) is 10.0. The van der Waals surface area contributed by atoms with Crippen molar-refractivity contribution in [1.29, 1.82) is 5.26 Å². The second-order valence-corrected chi connectivity index (χ2v) is 3.79. The van der Waals surface area contributed by atoms with E-state index >= 15 is 0 Å². The molecule has 2 aromatic rings. The lowest BCUT2D eigenvalue weighted by molar-refractivity contribution is 0.0697. The van der Waals surface area contributed by atoms with Gasteiger partial charge in [0.25, 0.3) is 0 Å². The van der Waals surface area contributed by atoms with Crippen molar-refractivity contribution < 1.29 is 14.3 Å². The summed E-state index contributed by atoms with van der Waals surface area (Å²) in [6.07, 6.45) is 3.02. The molecule has 0 aliphatic rings. The summed E-state index contributed by atoms with van der Waals surface area (Å²) in [4.78, 5) is 10.7. The highest BCUT2D eigenvalue weighted by atomic mass is 19.1. The van der Waals surface area contributed by atoms with E-state index < -0.39 is 11.8 Å². The molecule has 0 atom stereocenters. The first-order valence-electron chi connectivity index (χ1n) is 5.18. The van der Waals surface area contributed by atoms with Crippen LogP contribution in [0.4, 0.5) is 4.39 Å². The van der Waals surface area contributed by atoms with Crippen molar-refractivity contribution in [3.63, 3.8) is 0 Å². The molecule has 0 bridgehead atoms. The molecule has 1 N–H and O–H groups in total. The second kappa shape index (κ2) is 4.72. The highest BCUT2D eigenvalue weighted by Crippen LogP contribution is 2.13. The van der Waals surface area contributed by atoms with Crippen LogP contribution in [0, 0.1) is 17.1 Å². The van der Waals surface area contributed by atoms with Crippen LogP contribution in [0.15, 0.2) is 36.7 Å². The molecule has 0 saturated carbocycles. The van der Waals surface area contributed by atoms with Crippen molar-refractivity contribution >= 4 is 5.97 Å². The molecule has 1 aromatic heterocycles. The molecule has 0 unspecified atom stereocenters. The number of hydrogen-bond donors (Lipinski definition) is 1. The fraction of sp³-hybridized carbons (Fsp3) is 0.0769. The number of hydrogen-bond acceptors (Lipinski definition) is 2. The number of aromatic nitrogens is 1. The van der Waals surface area contributed by atoms with E-state index in [0.717, 1.165) is 0 Å². The Balaban J connectivity index is 2.30. The van der Waals surface area contributed by atoms with E-state index in [9.17, 15) is 9.18 Å². The molecule has 0 aliphatic carbocycles. The Morgan fingerprint density at radius 3 is 2.83 bits per heavy atom. The van der Waals surface area contributed by atoms with Crippen LogP contribution in [-0.4, -0.2) is 15.6 Å². The molecule has 0 radical (unpaired) electrons. The van der Waals surface area contributed by atoms with E-state index in [-0.39, 0.29) is 12.1 Å². The van der Waals surface area contributed by atoms with Gasteiger partial charge in [-0.25, -0.2) is 9.18 Å². The summed E-state index contributed by atoms with van der Waals surface area (Å²) in [6.45, 7) is 0.258. The number of benzene rings is 1. The largest absolute Gasteiger partial charge is 0.478 e. The van der Waals surface area contributed by atoms with Gasteiger partial charge in [-0.05, 0) is 29.8 Å². The van der Waals surface area contributed by atoms with Gasteiger partial charge in [-0.1, -0.05) is 0 Å². The first kappa shape index (κ1) is 11.9. The molecule has 90 valence electrons. The van der Waals surface area contributed by atoms with Crippen molar-refractivity contribution in [1.82, 2.24) is 4.57 Å². The van der Waals surface area contributed by atoms with Crippen LogP contribution in [0.3, 0.4) is 0 Å². The standard InChI is InChI=1S/C13H9FN2O2/c14-12-2-1-9(6-15)11(5-12)8-16-4-3-10(7-16)13(17)18/h1-5,7H,8H2,(H,17,18). The number of carboxylic acid groups (broad SMARTS) is 1. The Bertz CT molecular complexity index is 641. The summed E-state index contributed by atoms with van der Waals surface area (Å²) in [5, 5.41) is 17.7. The van der Waals surface area contributed by atoms with E-state index in [2.05, 4.69) is 0 Å². The van der Waals surface area contributed by atoms with Gasteiger partial charge in [0.1, 0.15) is 5.82 Å². The van der Waals surface area contributed by atoms with Crippen molar-refractivity contribution in [2.75, 3.05) is 0 Å². The lowest BCUT2D eigenvalue weighted by Gasteiger charge is -2.05. The SMILES string of the molecule is N#Cc1ccc(F)cc1Cn1ccc(C(=O)O)c1. The van der Waals surface area contributed by atoms with Gasteiger partial charge in [0.2, 0.25) is 0 Å². The zero-order valence-corrected chi connectivity index (χ0v) is 9.30. The van der Waals surface area contributed by atoms with Crippen molar-refractivity contribution in [3.8, 4) is 6.07 Å². The minimum atomic E-state index is -1.02. The van der Waals surface area contributed by atoms with Crippen LogP contribution in [0.25, 0.3) is 0 Å². The first-order valence-corrected chi connectivity index (χ1v) is 5.18. The van der Waals surface area contributed by atoms with E-state index in [1.165, 1.54) is 30.5 Å². The number of carbonyl (C=O) groups is 1. The van der Waals surface area contributed by atoms with Gasteiger partial charge in [0.15, 0.2) is 0 Å². The lowest BCUT2D eigenvalue weighted by atomic mass is 10.1. The fourth-order valence-corrected chi connectivity index (χ4v) is 1.66. The fourth-order valence-electron chi connectivity index (χ4n) is 1.66. The van der Waals surface area contributed by atoms with Gasteiger partial charge in [0, 0.05) is 18.9 Å². The Labute approximate surface area is 103 Å². The third-order valence-electron chi connectivity index (χ3n) is 2.54. The van der Waals surface area contributed by atoms with E-state index in [1.807, 2.05) is 6.07 Å². The smallest absolute Gasteiger partial charge is 0.337 e. The molecular formula is C13H9FN2O2. The topological polar surface area (TPSA) is 66.0 Å². The van der Waals surface area contributed by atoms with Crippen LogP contribution in [0.1, 0.15) is 21.5 Å². The van der Waals surface area contributed by atoms with E-state index in [0.29, 0.717) is 11.1 Å². The highest BCUT2D eigenvalue weighted by Gasteiger charge is 2.07. The van der Waals surface area contributed by atoms with Crippen molar-refractivity contribution in [2.45, 2.75) is 6.54 Å². The number of carboxylic acids is 1. The minimum absolute atomic E-state index is 0.157. The van der Waals surface area contributed by atoms with Gasteiger partial charge in [-0.3, -0.25) is 0 Å². The number of halogens is 1. The Morgan fingerprint density at radius 2 is 2.22 bits per heavy atom. The summed E-state index contributed by atoms with van der Waals surface area (Å²) in [7, 11) is 0. The molecular weight excluding hydrogens is 235 g/mol. The zero-order valence-electron chi connectivity index (χ0n) is 9.30. The minimum Gasteiger partial charge on any atom is -0.478 e. The highest BCUT2D eigenvalue weighted by molar-refractivity contribution is 5.87. The summed E-state index contributed by atoms with van der Waals surface area (Å²) in [5.74, 6) is -1.44. The number of aromatic carboxylic acids is 1. The van der Waals surface area contributed by atoms with Crippen LogP contribution < -0.4 is 0 Å². The molecule has 1 aromatic carbocycles. The zero-order chi connectivity index (χ0) is 13.1. The van der Waals surface area contributed by atoms with E-state index in [1.54, 1.807) is 10.8 Å². The summed E-state index contributed by atoms with van der Waals surface area (Å²) < 4.78 is 14.7.